The van der Waals surface area contributed by atoms with Crippen LogP contribution >= 0.6 is 0 Å². The minimum Gasteiger partial charge on any atom is -0.496 e. The summed E-state index contributed by atoms with van der Waals surface area (Å²) in [6, 6.07) is 21.7. The molecule has 3 aromatic carbocycles. The molecule has 0 bridgehead atoms. The highest BCUT2D eigenvalue weighted by Gasteiger charge is 2.34. The molecule has 298 valence electrons. The minimum absolute atomic E-state index is 0.00549. The number of nitrogens with one attached hydrogen (secondary N) is 4. The molecule has 0 fully saturated rings. The summed E-state index contributed by atoms with van der Waals surface area (Å²) in [4.78, 5) is 67.2. The maximum absolute atomic E-state index is 13.8. The number of aliphatic hydroxyl groups excluding tert-OH is 1. The molecule has 0 aliphatic carbocycles. The Morgan fingerprint density at radius 1 is 0.655 bits per heavy atom. The number of amides is 4. The molecule has 0 heterocycles. The Labute approximate surface area is 325 Å². The number of hydrogen-bond donors (Lipinski definition) is 5. The van der Waals surface area contributed by atoms with Gasteiger partial charge in [0.25, 0.3) is 0 Å². The molecule has 0 spiro atoms. The zero-order chi connectivity index (χ0) is 40.5. The first-order valence-electron chi connectivity index (χ1n) is 19.0. The van der Waals surface area contributed by atoms with Gasteiger partial charge in [0, 0.05) is 5.56 Å². The predicted molar refractivity (Wildman–Crippen MR) is 211 cm³/mol. The van der Waals surface area contributed by atoms with E-state index in [0.29, 0.717) is 17.7 Å². The number of para-hydroxylation sites is 1. The van der Waals surface area contributed by atoms with Crippen LogP contribution in [0.1, 0.15) is 71.1 Å². The number of carbonyl (C=O) groups excluding carboxylic acids is 5. The minimum atomic E-state index is -1.36. The first-order chi connectivity index (χ1) is 26.2. The molecule has 6 atom stereocenters. The fraction of sp³-hybridized carbons (Fsp3) is 0.465. The fourth-order valence-electron chi connectivity index (χ4n) is 6.03. The van der Waals surface area contributed by atoms with Crippen molar-refractivity contribution in [2.24, 2.45) is 17.8 Å². The van der Waals surface area contributed by atoms with Crippen LogP contribution < -0.4 is 26.0 Å². The summed E-state index contributed by atoms with van der Waals surface area (Å²) in [6.45, 7) is 10.9. The lowest BCUT2D eigenvalue weighted by Gasteiger charge is -2.30. The molecule has 0 aliphatic rings. The molecule has 5 N–H and O–H groups in total. The van der Waals surface area contributed by atoms with E-state index in [1.54, 1.807) is 52.0 Å². The number of ether oxygens (including phenoxy) is 2. The van der Waals surface area contributed by atoms with Gasteiger partial charge < -0.3 is 35.8 Å². The summed E-state index contributed by atoms with van der Waals surface area (Å²) in [5.74, 6) is -3.02. The number of carbonyl (C=O) groups is 5. The Bertz CT molecular complexity index is 1680. The SMILES string of the molecule is CC[C@H](C)[C@H](NC(=O)C[C@H](O)[C@H](Cc1ccccc1)NC(=O)[C@@H](NC(=O)Cc1ccccc1OC)C(C)C)C(=O)N[C@H](C(=O)OCc1ccccc1)C(C)C. The summed E-state index contributed by atoms with van der Waals surface area (Å²) in [5, 5.41) is 22.8. The maximum Gasteiger partial charge on any atom is 0.329 e. The average Bonchev–Trinajstić information content (AvgIpc) is 3.17. The van der Waals surface area contributed by atoms with Crippen molar-refractivity contribution in [3.63, 3.8) is 0 Å². The Balaban J connectivity index is 1.72. The highest BCUT2D eigenvalue weighted by Crippen LogP contribution is 2.19. The summed E-state index contributed by atoms with van der Waals surface area (Å²) in [6.07, 6.45) is -1.07. The molecule has 55 heavy (non-hydrogen) atoms. The molecule has 0 aliphatic heterocycles. The van der Waals surface area contributed by atoms with E-state index in [4.69, 9.17) is 9.47 Å². The second-order valence-electron chi connectivity index (χ2n) is 14.6. The van der Waals surface area contributed by atoms with E-state index in [9.17, 15) is 29.1 Å². The first-order valence-corrected chi connectivity index (χ1v) is 19.0. The maximum atomic E-state index is 13.8. The summed E-state index contributed by atoms with van der Waals surface area (Å²) >= 11 is 0. The van der Waals surface area contributed by atoms with Crippen LogP contribution in [0.3, 0.4) is 0 Å². The van der Waals surface area contributed by atoms with Crippen molar-refractivity contribution in [3.05, 3.63) is 102 Å². The lowest BCUT2D eigenvalue weighted by Crippen LogP contribution is -2.57. The van der Waals surface area contributed by atoms with Gasteiger partial charge in [0.2, 0.25) is 23.6 Å². The third kappa shape index (κ3) is 14.2. The van der Waals surface area contributed by atoms with Crippen LogP contribution in [0.25, 0.3) is 0 Å². The van der Waals surface area contributed by atoms with E-state index >= 15 is 0 Å². The number of hydrogen-bond acceptors (Lipinski definition) is 8. The van der Waals surface area contributed by atoms with Crippen LogP contribution in [0.15, 0.2) is 84.9 Å². The second kappa shape index (κ2) is 22.2. The highest BCUT2D eigenvalue weighted by molar-refractivity contribution is 5.91. The van der Waals surface area contributed by atoms with Gasteiger partial charge in [-0.05, 0) is 41.4 Å². The summed E-state index contributed by atoms with van der Waals surface area (Å²) < 4.78 is 10.9. The van der Waals surface area contributed by atoms with Crippen LogP contribution in [0.2, 0.25) is 0 Å². The molecular weight excluding hydrogens is 700 g/mol. The Kier molecular flexibility index (Phi) is 17.8. The average molecular weight is 759 g/mol. The molecule has 12 heteroatoms. The molecule has 4 amide bonds. The van der Waals surface area contributed by atoms with Crippen molar-refractivity contribution in [3.8, 4) is 5.75 Å². The molecule has 3 rings (SSSR count). The van der Waals surface area contributed by atoms with E-state index < -0.39 is 60.4 Å². The fourth-order valence-corrected chi connectivity index (χ4v) is 6.03. The number of rotatable bonds is 21. The van der Waals surface area contributed by atoms with Gasteiger partial charge in [0.1, 0.15) is 30.5 Å². The molecule has 0 saturated heterocycles. The quantitative estimate of drug-likeness (QED) is 0.100. The standard InChI is InChI=1S/C43H58N4O8/c1-8-29(6)40(42(52)47-39(28(4)5)43(53)55-26-31-19-13-10-14-20-31)46-37(50)25-34(48)33(23-30-17-11-9-12-18-30)44-41(51)38(27(2)3)45-36(49)24-32-21-15-16-22-35(32)54-7/h9-22,27-29,33-34,38-40,48H,8,23-26H2,1-7H3,(H,44,51)(H,45,49)(H,46,50)(H,47,52)/t29-,33-,34-,38-,39-,40-/m0/s1. The Morgan fingerprint density at radius 2 is 1.20 bits per heavy atom. The van der Waals surface area contributed by atoms with Gasteiger partial charge in [-0.2, -0.15) is 0 Å². The van der Waals surface area contributed by atoms with Crippen LogP contribution in [0.4, 0.5) is 0 Å². The van der Waals surface area contributed by atoms with Crippen molar-refractivity contribution in [2.45, 2.75) is 104 Å². The first kappa shape index (κ1) is 44.2. The second-order valence-corrected chi connectivity index (χ2v) is 14.6. The van der Waals surface area contributed by atoms with Gasteiger partial charge in [0.05, 0.1) is 32.1 Å². The molecule has 0 aromatic heterocycles. The zero-order valence-corrected chi connectivity index (χ0v) is 33.0. The van der Waals surface area contributed by atoms with E-state index in [1.807, 2.05) is 74.5 Å². The van der Waals surface area contributed by atoms with Crippen LogP contribution in [-0.2, 0) is 48.2 Å². The van der Waals surface area contributed by atoms with Crippen molar-refractivity contribution in [2.75, 3.05) is 7.11 Å². The van der Waals surface area contributed by atoms with Crippen molar-refractivity contribution in [1.82, 2.24) is 21.3 Å². The number of methoxy groups -OCH3 is 1. The van der Waals surface area contributed by atoms with Crippen LogP contribution in [-0.4, -0.2) is 72.1 Å². The molecule has 0 saturated carbocycles. The van der Waals surface area contributed by atoms with Gasteiger partial charge in [-0.15, -0.1) is 0 Å². The number of benzene rings is 3. The monoisotopic (exact) mass is 758 g/mol. The number of esters is 1. The normalized spacial score (nSPS) is 14.4. The topological polar surface area (TPSA) is 172 Å². The molecule has 0 radical (unpaired) electrons. The lowest BCUT2D eigenvalue weighted by atomic mass is 9.95. The lowest BCUT2D eigenvalue weighted by molar-refractivity contribution is -0.150. The molecule has 0 unspecified atom stereocenters. The Hall–Kier alpha value is -5.23. The van der Waals surface area contributed by atoms with Crippen LogP contribution in [0, 0.1) is 17.8 Å². The molecule has 3 aromatic rings. The third-order valence-electron chi connectivity index (χ3n) is 9.55. The van der Waals surface area contributed by atoms with E-state index in [2.05, 4.69) is 21.3 Å². The van der Waals surface area contributed by atoms with Gasteiger partial charge in [-0.1, -0.05) is 127 Å². The summed E-state index contributed by atoms with van der Waals surface area (Å²) in [5.41, 5.74) is 2.29. The highest BCUT2D eigenvalue weighted by atomic mass is 16.5. The molecule has 12 nitrogen and oxygen atoms in total. The number of aliphatic hydroxyl groups is 1. The van der Waals surface area contributed by atoms with Gasteiger partial charge >= 0.3 is 5.97 Å². The predicted octanol–water partition coefficient (Wildman–Crippen LogP) is 4.27. The third-order valence-corrected chi connectivity index (χ3v) is 9.55. The Morgan fingerprint density at radius 3 is 1.78 bits per heavy atom. The molecular formula is C43H58N4O8. The van der Waals surface area contributed by atoms with Crippen molar-refractivity contribution >= 4 is 29.6 Å². The largest absolute Gasteiger partial charge is 0.496 e. The van der Waals surface area contributed by atoms with Crippen LogP contribution in [0.5, 0.6) is 5.75 Å². The van der Waals surface area contributed by atoms with Gasteiger partial charge in [0.15, 0.2) is 0 Å². The van der Waals surface area contributed by atoms with Crippen molar-refractivity contribution < 1.29 is 38.6 Å². The zero-order valence-electron chi connectivity index (χ0n) is 33.0. The van der Waals surface area contributed by atoms with Crippen molar-refractivity contribution in [1.29, 1.82) is 0 Å². The van der Waals surface area contributed by atoms with Gasteiger partial charge in [-0.25, -0.2) is 4.79 Å². The summed E-state index contributed by atoms with van der Waals surface area (Å²) in [7, 11) is 1.52. The van der Waals surface area contributed by atoms with Gasteiger partial charge in [-0.3, -0.25) is 19.2 Å². The van der Waals surface area contributed by atoms with E-state index in [1.165, 1.54) is 7.11 Å². The van der Waals surface area contributed by atoms with E-state index in [-0.39, 0.29) is 43.1 Å². The van der Waals surface area contributed by atoms with E-state index in [0.717, 1.165) is 11.1 Å². The smallest absolute Gasteiger partial charge is 0.329 e.